The van der Waals surface area contributed by atoms with Crippen molar-refractivity contribution in [3.8, 4) is 5.75 Å². The van der Waals surface area contributed by atoms with Crippen LogP contribution in [-0.2, 0) is 0 Å². The first-order valence-corrected chi connectivity index (χ1v) is 8.24. The van der Waals surface area contributed by atoms with Crippen LogP contribution in [0.25, 0.3) is 0 Å². The molecular formula is C21H16N2O3. The number of para-hydroxylation sites is 1. The van der Waals surface area contributed by atoms with Gasteiger partial charge in [-0.2, -0.15) is 0 Å². The van der Waals surface area contributed by atoms with E-state index in [1.807, 2.05) is 36.4 Å². The highest BCUT2D eigenvalue weighted by Crippen LogP contribution is 2.27. The Kier molecular flexibility index (Phi) is 4.11. The average Bonchev–Trinajstić information content (AvgIpc) is 2.69. The molecule has 0 radical (unpaired) electrons. The summed E-state index contributed by atoms with van der Waals surface area (Å²) in [4.78, 5) is 24.3. The van der Waals surface area contributed by atoms with Crippen molar-refractivity contribution in [1.29, 1.82) is 0 Å². The summed E-state index contributed by atoms with van der Waals surface area (Å²) >= 11 is 0. The Balaban J connectivity index is 1.48. The molecule has 26 heavy (non-hydrogen) atoms. The Hall–Kier alpha value is -3.60. The van der Waals surface area contributed by atoms with E-state index in [1.54, 1.807) is 42.5 Å². The maximum absolute atomic E-state index is 12.2. The van der Waals surface area contributed by atoms with Gasteiger partial charge in [-0.15, -0.1) is 0 Å². The Labute approximate surface area is 150 Å². The molecule has 3 aromatic carbocycles. The van der Waals surface area contributed by atoms with E-state index in [0.29, 0.717) is 16.9 Å². The zero-order valence-electron chi connectivity index (χ0n) is 13.8. The van der Waals surface area contributed by atoms with Gasteiger partial charge in [0.15, 0.2) is 0 Å². The molecule has 1 atom stereocenters. The number of hydrogen-bond donors (Lipinski definition) is 2. The van der Waals surface area contributed by atoms with Crippen molar-refractivity contribution in [2.45, 2.75) is 6.17 Å². The van der Waals surface area contributed by atoms with Crippen molar-refractivity contribution in [3.63, 3.8) is 0 Å². The number of anilines is 1. The summed E-state index contributed by atoms with van der Waals surface area (Å²) < 4.78 is 5.37. The van der Waals surface area contributed by atoms with E-state index in [4.69, 9.17) is 4.74 Å². The molecule has 3 aromatic rings. The lowest BCUT2D eigenvalue weighted by atomic mass is 10.1. The van der Waals surface area contributed by atoms with Gasteiger partial charge in [0.1, 0.15) is 11.9 Å². The maximum atomic E-state index is 12.2. The summed E-state index contributed by atoms with van der Waals surface area (Å²) in [5.41, 5.74) is 2.78. The molecule has 0 saturated heterocycles. The molecule has 0 aliphatic carbocycles. The summed E-state index contributed by atoms with van der Waals surface area (Å²) in [6, 6.07) is 23.2. The van der Waals surface area contributed by atoms with Crippen molar-refractivity contribution in [3.05, 3.63) is 95.6 Å². The van der Waals surface area contributed by atoms with E-state index in [1.165, 1.54) is 0 Å². The second-order valence-corrected chi connectivity index (χ2v) is 5.92. The van der Waals surface area contributed by atoms with E-state index >= 15 is 0 Å². The number of carbonyl (C=O) groups excluding carboxylic acids is 2. The number of hydrogen-bond acceptors (Lipinski definition) is 4. The number of rotatable bonds is 3. The number of esters is 1. The minimum Gasteiger partial charge on any atom is -0.423 e. The molecule has 0 fully saturated rings. The number of ether oxygens (including phenoxy) is 1. The zero-order chi connectivity index (χ0) is 17.9. The van der Waals surface area contributed by atoms with Crippen LogP contribution < -0.4 is 15.4 Å². The smallest absolute Gasteiger partial charge is 0.343 e. The molecule has 0 saturated carbocycles. The van der Waals surface area contributed by atoms with Crippen LogP contribution in [0.1, 0.15) is 32.4 Å². The fraction of sp³-hybridized carbons (Fsp3) is 0.0476. The molecule has 0 spiro atoms. The largest absolute Gasteiger partial charge is 0.423 e. The van der Waals surface area contributed by atoms with Gasteiger partial charge >= 0.3 is 5.97 Å². The molecule has 1 aliphatic heterocycles. The highest BCUT2D eigenvalue weighted by Gasteiger charge is 2.24. The highest BCUT2D eigenvalue weighted by molar-refractivity contribution is 6.01. The zero-order valence-corrected chi connectivity index (χ0v) is 13.8. The molecule has 1 heterocycles. The van der Waals surface area contributed by atoms with Gasteiger partial charge in [-0.3, -0.25) is 4.79 Å². The van der Waals surface area contributed by atoms with Crippen molar-refractivity contribution >= 4 is 17.6 Å². The van der Waals surface area contributed by atoms with Crippen LogP contribution in [0.15, 0.2) is 78.9 Å². The summed E-state index contributed by atoms with van der Waals surface area (Å²) in [6.07, 6.45) is -0.337. The third-order valence-corrected chi connectivity index (χ3v) is 4.18. The van der Waals surface area contributed by atoms with Crippen LogP contribution in [0.3, 0.4) is 0 Å². The predicted molar refractivity (Wildman–Crippen MR) is 98.1 cm³/mol. The standard InChI is InChI=1S/C21H16N2O3/c24-20-17-8-4-5-9-18(17)22-19(23-20)14-10-12-16(13-11-14)26-21(25)15-6-2-1-3-7-15/h1-13,19,22H,(H,23,24). The Morgan fingerprint density at radius 1 is 0.808 bits per heavy atom. The van der Waals surface area contributed by atoms with Crippen LogP contribution >= 0.6 is 0 Å². The molecule has 1 amide bonds. The molecular weight excluding hydrogens is 328 g/mol. The quantitative estimate of drug-likeness (QED) is 0.561. The van der Waals surface area contributed by atoms with Crippen LogP contribution in [0.4, 0.5) is 5.69 Å². The third-order valence-electron chi connectivity index (χ3n) is 4.18. The topological polar surface area (TPSA) is 67.4 Å². The van der Waals surface area contributed by atoms with E-state index in [2.05, 4.69) is 10.6 Å². The second-order valence-electron chi connectivity index (χ2n) is 5.92. The summed E-state index contributed by atoms with van der Waals surface area (Å²) in [5, 5.41) is 6.21. The third kappa shape index (κ3) is 3.15. The molecule has 4 rings (SSSR count). The molecule has 5 nitrogen and oxygen atoms in total. The highest BCUT2D eigenvalue weighted by atomic mass is 16.5. The summed E-state index contributed by atoms with van der Waals surface area (Å²) in [7, 11) is 0. The SMILES string of the molecule is O=C(Oc1ccc(C2NC(=O)c3ccccc3N2)cc1)c1ccccc1. The van der Waals surface area contributed by atoms with Crippen LogP contribution in [0, 0.1) is 0 Å². The van der Waals surface area contributed by atoms with Gasteiger partial charge in [0.25, 0.3) is 5.91 Å². The minimum atomic E-state index is -0.406. The number of amides is 1. The fourth-order valence-electron chi connectivity index (χ4n) is 2.84. The van der Waals surface area contributed by atoms with E-state index in [-0.39, 0.29) is 12.1 Å². The lowest BCUT2D eigenvalue weighted by molar-refractivity contribution is 0.0734. The van der Waals surface area contributed by atoms with Gasteiger partial charge in [-0.1, -0.05) is 42.5 Å². The number of carbonyl (C=O) groups is 2. The van der Waals surface area contributed by atoms with Crippen molar-refractivity contribution < 1.29 is 14.3 Å². The second kappa shape index (κ2) is 6.72. The number of nitrogens with one attached hydrogen (secondary N) is 2. The van der Waals surface area contributed by atoms with Gasteiger partial charge in [0.2, 0.25) is 0 Å². The maximum Gasteiger partial charge on any atom is 0.343 e. The lowest BCUT2D eigenvalue weighted by Crippen LogP contribution is -2.38. The van der Waals surface area contributed by atoms with Crippen molar-refractivity contribution in [2.75, 3.05) is 5.32 Å². The fourth-order valence-corrected chi connectivity index (χ4v) is 2.84. The first-order chi connectivity index (χ1) is 12.7. The molecule has 5 heteroatoms. The van der Waals surface area contributed by atoms with Crippen LogP contribution in [-0.4, -0.2) is 11.9 Å². The summed E-state index contributed by atoms with van der Waals surface area (Å²) in [6.45, 7) is 0. The molecule has 0 bridgehead atoms. The van der Waals surface area contributed by atoms with Gasteiger partial charge in [0.05, 0.1) is 11.1 Å². The van der Waals surface area contributed by atoms with Crippen LogP contribution in [0.5, 0.6) is 5.75 Å². The van der Waals surface area contributed by atoms with Gasteiger partial charge < -0.3 is 15.4 Å². The Morgan fingerprint density at radius 3 is 2.27 bits per heavy atom. The Morgan fingerprint density at radius 2 is 1.50 bits per heavy atom. The van der Waals surface area contributed by atoms with Crippen LogP contribution in [0.2, 0.25) is 0 Å². The van der Waals surface area contributed by atoms with Gasteiger partial charge in [-0.25, -0.2) is 4.79 Å². The minimum absolute atomic E-state index is 0.121. The van der Waals surface area contributed by atoms with E-state index in [9.17, 15) is 9.59 Å². The Bertz CT molecular complexity index is 953. The average molecular weight is 344 g/mol. The van der Waals surface area contributed by atoms with E-state index in [0.717, 1.165) is 11.3 Å². The first kappa shape index (κ1) is 15.9. The van der Waals surface area contributed by atoms with Crippen molar-refractivity contribution in [1.82, 2.24) is 5.32 Å². The normalized spacial score (nSPS) is 15.4. The summed E-state index contributed by atoms with van der Waals surface area (Å²) in [5.74, 6) is -0.0783. The predicted octanol–water partition coefficient (Wildman–Crippen LogP) is 3.76. The van der Waals surface area contributed by atoms with Crippen molar-refractivity contribution in [2.24, 2.45) is 0 Å². The van der Waals surface area contributed by atoms with Gasteiger partial charge in [0, 0.05) is 5.69 Å². The molecule has 1 unspecified atom stereocenters. The molecule has 0 aromatic heterocycles. The monoisotopic (exact) mass is 344 g/mol. The molecule has 128 valence electrons. The molecule has 1 aliphatic rings. The van der Waals surface area contributed by atoms with E-state index < -0.39 is 5.97 Å². The molecule has 2 N–H and O–H groups in total. The van der Waals surface area contributed by atoms with Gasteiger partial charge in [-0.05, 0) is 42.0 Å². The number of benzene rings is 3. The first-order valence-electron chi connectivity index (χ1n) is 8.24. The number of fused-ring (bicyclic) bond motifs is 1. The lowest BCUT2D eigenvalue weighted by Gasteiger charge is -2.28.